The third-order valence-electron chi connectivity index (χ3n) is 9.98. The topological polar surface area (TPSA) is 0 Å². The molecular weight excluding hydrogens is 492 g/mol. The summed E-state index contributed by atoms with van der Waals surface area (Å²) in [5.41, 5.74) is 1.62. The first-order valence-corrected chi connectivity index (χ1v) is 18.6. The van der Waals surface area contributed by atoms with Gasteiger partial charge in [0.15, 0.2) is 0 Å². The summed E-state index contributed by atoms with van der Waals surface area (Å²) in [4.78, 5) is 0. The molecule has 0 saturated heterocycles. The number of unbranched alkanes of at least 4 members (excludes halogenated alkanes) is 6. The molecule has 0 heteroatoms. The molecule has 0 aromatic carbocycles. The fourth-order valence-electron chi connectivity index (χ4n) is 6.41. The fourth-order valence-corrected chi connectivity index (χ4v) is 6.41. The highest BCUT2D eigenvalue weighted by Crippen LogP contribution is 2.26. The van der Waals surface area contributed by atoms with Crippen LogP contribution in [0, 0.1) is 41.4 Å². The molecule has 7 atom stereocenters. The molecule has 0 amide bonds. The molecule has 41 heavy (non-hydrogen) atoms. The van der Waals surface area contributed by atoms with Crippen LogP contribution < -0.4 is 0 Å². The van der Waals surface area contributed by atoms with E-state index in [1.165, 1.54) is 116 Å². The van der Waals surface area contributed by atoms with Gasteiger partial charge in [0.1, 0.15) is 0 Å². The molecule has 0 rings (SSSR count). The summed E-state index contributed by atoms with van der Waals surface area (Å²) in [6, 6.07) is 0. The van der Waals surface area contributed by atoms with Crippen LogP contribution in [0.5, 0.6) is 0 Å². The Hall–Kier alpha value is -0.780. The van der Waals surface area contributed by atoms with Crippen molar-refractivity contribution in [3.05, 3.63) is 36.0 Å². The number of rotatable bonds is 27. The third-order valence-corrected chi connectivity index (χ3v) is 9.98. The SMILES string of the molecule is CCCCCC(C)=CCCCCC(C)CC(C)CC(C)CCCC=CCCC(C)C(C)C=CC(C)C(C)CCCC. The van der Waals surface area contributed by atoms with Crippen molar-refractivity contribution >= 4 is 0 Å². The van der Waals surface area contributed by atoms with Crippen LogP contribution in [0.2, 0.25) is 0 Å². The van der Waals surface area contributed by atoms with Crippen molar-refractivity contribution in [1.29, 1.82) is 0 Å². The molecule has 0 spiro atoms. The van der Waals surface area contributed by atoms with Crippen LogP contribution in [-0.4, -0.2) is 0 Å². The lowest BCUT2D eigenvalue weighted by molar-refractivity contribution is 0.318. The highest BCUT2D eigenvalue weighted by molar-refractivity contribution is 4.97. The van der Waals surface area contributed by atoms with Crippen molar-refractivity contribution in [2.45, 2.75) is 185 Å². The van der Waals surface area contributed by atoms with E-state index in [1.54, 1.807) is 5.57 Å². The van der Waals surface area contributed by atoms with E-state index in [0.29, 0.717) is 11.8 Å². The van der Waals surface area contributed by atoms with Gasteiger partial charge in [-0.25, -0.2) is 0 Å². The Kier molecular flexibility index (Phi) is 26.3. The Morgan fingerprint density at radius 3 is 1.68 bits per heavy atom. The summed E-state index contributed by atoms with van der Waals surface area (Å²) in [6.45, 7) is 24.1. The fraction of sp³-hybridized carbons (Fsp3) is 0.854. The molecular formula is C41H78. The number of allylic oxidation sites excluding steroid dienone is 6. The average molecular weight is 571 g/mol. The minimum absolute atomic E-state index is 0.682. The van der Waals surface area contributed by atoms with Gasteiger partial charge in [0.2, 0.25) is 0 Å². The van der Waals surface area contributed by atoms with Gasteiger partial charge in [0.25, 0.3) is 0 Å². The first kappa shape index (κ1) is 40.2. The highest BCUT2D eigenvalue weighted by Gasteiger charge is 2.13. The molecule has 0 heterocycles. The Morgan fingerprint density at radius 2 is 1.07 bits per heavy atom. The van der Waals surface area contributed by atoms with Crippen molar-refractivity contribution in [3.63, 3.8) is 0 Å². The largest absolute Gasteiger partial charge is 0.0885 e. The second kappa shape index (κ2) is 26.8. The standard InChI is InChI=1S/C41H78/c1-11-13-19-24-34(3)25-21-18-22-27-36(5)33-37(6)32-35(4)26-20-16-15-17-23-29-39(8)41(10)31-30-40(9)38(7)28-14-12-2/h15,17,25,30-31,35-41H,11-14,16,18-24,26-29,32-33H2,1-10H3. The molecule has 0 aromatic heterocycles. The smallest absolute Gasteiger partial charge is 0.0236 e. The molecule has 0 saturated carbocycles. The van der Waals surface area contributed by atoms with Gasteiger partial charge >= 0.3 is 0 Å². The van der Waals surface area contributed by atoms with Crippen LogP contribution in [-0.2, 0) is 0 Å². The zero-order valence-corrected chi connectivity index (χ0v) is 30.2. The zero-order valence-electron chi connectivity index (χ0n) is 30.2. The van der Waals surface area contributed by atoms with E-state index in [9.17, 15) is 0 Å². The van der Waals surface area contributed by atoms with Crippen LogP contribution in [0.25, 0.3) is 0 Å². The predicted molar refractivity (Wildman–Crippen MR) is 191 cm³/mol. The Labute approximate surface area is 261 Å². The zero-order chi connectivity index (χ0) is 30.9. The molecule has 0 nitrogen and oxygen atoms in total. The molecule has 0 bridgehead atoms. The maximum absolute atomic E-state index is 2.51. The van der Waals surface area contributed by atoms with Gasteiger partial charge in [0, 0.05) is 0 Å². The molecule has 0 fully saturated rings. The van der Waals surface area contributed by atoms with Gasteiger partial charge in [-0.05, 0) is 113 Å². The van der Waals surface area contributed by atoms with Gasteiger partial charge in [-0.15, -0.1) is 0 Å². The summed E-state index contributed by atoms with van der Waals surface area (Å²) in [6.07, 6.45) is 36.7. The minimum atomic E-state index is 0.682. The van der Waals surface area contributed by atoms with Crippen LogP contribution >= 0.6 is 0 Å². The molecule has 0 aliphatic carbocycles. The normalized spacial score (nSPS) is 18.0. The average Bonchev–Trinajstić information content (AvgIpc) is 2.93. The molecule has 0 N–H and O–H groups in total. The Bertz CT molecular complexity index is 651. The summed E-state index contributed by atoms with van der Waals surface area (Å²) in [7, 11) is 0. The Morgan fingerprint density at radius 1 is 0.512 bits per heavy atom. The second-order valence-electron chi connectivity index (χ2n) is 14.8. The van der Waals surface area contributed by atoms with E-state index in [1.807, 2.05) is 0 Å². The van der Waals surface area contributed by atoms with Crippen LogP contribution in [0.3, 0.4) is 0 Å². The molecule has 0 aliphatic heterocycles. The number of hydrogen-bond acceptors (Lipinski definition) is 0. The van der Waals surface area contributed by atoms with E-state index in [4.69, 9.17) is 0 Å². The highest BCUT2D eigenvalue weighted by atomic mass is 14.2. The molecule has 0 aliphatic rings. The third kappa shape index (κ3) is 24.4. The van der Waals surface area contributed by atoms with Gasteiger partial charge in [-0.2, -0.15) is 0 Å². The lowest BCUT2D eigenvalue weighted by Gasteiger charge is -2.20. The Balaban J connectivity index is 3.95. The second-order valence-corrected chi connectivity index (χ2v) is 14.8. The van der Waals surface area contributed by atoms with E-state index in [2.05, 4.69) is 99.6 Å². The van der Waals surface area contributed by atoms with Crippen LogP contribution in [0.1, 0.15) is 185 Å². The van der Waals surface area contributed by atoms with Crippen molar-refractivity contribution in [2.24, 2.45) is 41.4 Å². The number of hydrogen-bond donors (Lipinski definition) is 0. The first-order chi connectivity index (χ1) is 19.6. The minimum Gasteiger partial charge on any atom is -0.0885 e. The molecule has 7 unspecified atom stereocenters. The van der Waals surface area contributed by atoms with Gasteiger partial charge in [-0.3, -0.25) is 0 Å². The maximum Gasteiger partial charge on any atom is -0.0236 e. The van der Waals surface area contributed by atoms with Gasteiger partial charge < -0.3 is 0 Å². The monoisotopic (exact) mass is 571 g/mol. The lowest BCUT2D eigenvalue weighted by atomic mass is 9.86. The van der Waals surface area contributed by atoms with Crippen LogP contribution in [0.4, 0.5) is 0 Å². The summed E-state index contributed by atoms with van der Waals surface area (Å²) in [5.74, 6) is 5.58. The van der Waals surface area contributed by atoms with Crippen molar-refractivity contribution in [1.82, 2.24) is 0 Å². The summed E-state index contributed by atoms with van der Waals surface area (Å²) in [5, 5.41) is 0. The van der Waals surface area contributed by atoms with Crippen molar-refractivity contribution in [2.75, 3.05) is 0 Å². The van der Waals surface area contributed by atoms with Crippen molar-refractivity contribution in [3.8, 4) is 0 Å². The van der Waals surface area contributed by atoms with Gasteiger partial charge in [0.05, 0.1) is 0 Å². The predicted octanol–water partition coefficient (Wildman–Crippen LogP) is 14.6. The first-order valence-electron chi connectivity index (χ1n) is 18.6. The summed E-state index contributed by atoms with van der Waals surface area (Å²) >= 11 is 0. The van der Waals surface area contributed by atoms with E-state index < -0.39 is 0 Å². The maximum atomic E-state index is 2.51. The quantitative estimate of drug-likeness (QED) is 0.0680. The molecule has 0 radical (unpaired) electrons. The molecule has 242 valence electrons. The summed E-state index contributed by atoms with van der Waals surface area (Å²) < 4.78 is 0. The van der Waals surface area contributed by atoms with E-state index in [-0.39, 0.29) is 0 Å². The van der Waals surface area contributed by atoms with Gasteiger partial charge in [-0.1, -0.05) is 150 Å². The van der Waals surface area contributed by atoms with E-state index >= 15 is 0 Å². The van der Waals surface area contributed by atoms with Crippen molar-refractivity contribution < 1.29 is 0 Å². The lowest BCUT2D eigenvalue weighted by Crippen LogP contribution is -2.08. The van der Waals surface area contributed by atoms with Crippen LogP contribution in [0.15, 0.2) is 36.0 Å². The molecule has 0 aromatic rings. The van der Waals surface area contributed by atoms with E-state index in [0.717, 1.165) is 29.6 Å².